The molecule has 0 saturated carbocycles. The topological polar surface area (TPSA) is 28.2 Å². The van der Waals surface area contributed by atoms with Gasteiger partial charge in [0.2, 0.25) is 0 Å². The van der Waals surface area contributed by atoms with Crippen molar-refractivity contribution in [2.45, 2.75) is 45.3 Å². The maximum Gasteiger partial charge on any atom is 0.0562 e. The van der Waals surface area contributed by atoms with E-state index in [1.165, 1.54) is 23.6 Å². The molecule has 0 aromatic carbocycles. The van der Waals surface area contributed by atoms with E-state index in [0.29, 0.717) is 6.04 Å². The molecule has 1 aliphatic heterocycles. The minimum absolute atomic E-state index is 0.131. The van der Waals surface area contributed by atoms with Gasteiger partial charge in [0.25, 0.3) is 0 Å². The number of aromatic nitrogens is 1. The lowest BCUT2D eigenvalue weighted by Crippen LogP contribution is -2.35. The third-order valence-corrected chi connectivity index (χ3v) is 4.61. The molecule has 2 heterocycles. The first-order valence-corrected chi connectivity index (χ1v) is 8.12. The van der Waals surface area contributed by atoms with Crippen LogP contribution < -0.4 is 10.2 Å². The SMILES string of the molecule is CN(c1ccnc(CNC(C)(C)C)c1)C1CCSC1. The van der Waals surface area contributed by atoms with Gasteiger partial charge in [0, 0.05) is 42.8 Å². The van der Waals surface area contributed by atoms with Crippen LogP contribution in [0.15, 0.2) is 18.3 Å². The van der Waals surface area contributed by atoms with E-state index >= 15 is 0 Å². The summed E-state index contributed by atoms with van der Waals surface area (Å²) in [6.07, 6.45) is 3.21. The van der Waals surface area contributed by atoms with Crippen molar-refractivity contribution in [2.24, 2.45) is 0 Å². The van der Waals surface area contributed by atoms with E-state index in [4.69, 9.17) is 0 Å². The molecule has 1 aromatic rings. The zero-order valence-electron chi connectivity index (χ0n) is 12.4. The van der Waals surface area contributed by atoms with Crippen LogP contribution in [0.25, 0.3) is 0 Å². The monoisotopic (exact) mass is 279 g/mol. The Morgan fingerprint density at radius 2 is 2.26 bits per heavy atom. The van der Waals surface area contributed by atoms with Crippen molar-refractivity contribution in [2.75, 3.05) is 23.5 Å². The van der Waals surface area contributed by atoms with Crippen molar-refractivity contribution in [1.29, 1.82) is 0 Å². The van der Waals surface area contributed by atoms with Gasteiger partial charge in [-0.25, -0.2) is 0 Å². The predicted molar refractivity (Wildman–Crippen MR) is 85.0 cm³/mol. The van der Waals surface area contributed by atoms with E-state index in [-0.39, 0.29) is 5.54 Å². The summed E-state index contributed by atoms with van der Waals surface area (Å²) in [6, 6.07) is 5.00. The fourth-order valence-corrected chi connectivity index (χ4v) is 3.44. The Morgan fingerprint density at radius 3 is 2.89 bits per heavy atom. The Labute approximate surface area is 121 Å². The van der Waals surface area contributed by atoms with Crippen LogP contribution in [0.5, 0.6) is 0 Å². The highest BCUT2D eigenvalue weighted by atomic mass is 32.2. The van der Waals surface area contributed by atoms with Crippen LogP contribution in [-0.4, -0.2) is 35.1 Å². The summed E-state index contributed by atoms with van der Waals surface area (Å²) in [6.45, 7) is 7.36. The fraction of sp³-hybridized carbons (Fsp3) is 0.667. The Balaban J connectivity index is 2.01. The van der Waals surface area contributed by atoms with Gasteiger partial charge in [0.1, 0.15) is 0 Å². The van der Waals surface area contributed by atoms with E-state index < -0.39 is 0 Å². The maximum atomic E-state index is 4.46. The van der Waals surface area contributed by atoms with E-state index in [0.717, 1.165) is 12.2 Å². The van der Waals surface area contributed by atoms with Gasteiger partial charge < -0.3 is 10.2 Å². The van der Waals surface area contributed by atoms with Gasteiger partial charge in [-0.1, -0.05) is 0 Å². The first-order valence-electron chi connectivity index (χ1n) is 6.96. The quantitative estimate of drug-likeness (QED) is 0.917. The number of hydrogen-bond acceptors (Lipinski definition) is 4. The summed E-state index contributed by atoms with van der Waals surface area (Å²) >= 11 is 2.05. The van der Waals surface area contributed by atoms with Gasteiger partial charge in [0.05, 0.1) is 5.69 Å². The molecule has 2 rings (SSSR count). The molecule has 0 aliphatic carbocycles. The van der Waals surface area contributed by atoms with Crippen LogP contribution in [0, 0.1) is 0 Å². The lowest BCUT2D eigenvalue weighted by atomic mass is 10.1. The molecular weight excluding hydrogens is 254 g/mol. The summed E-state index contributed by atoms with van der Waals surface area (Å²) in [5.74, 6) is 2.53. The van der Waals surface area contributed by atoms with Crippen molar-refractivity contribution < 1.29 is 0 Å². The molecule has 1 N–H and O–H groups in total. The number of nitrogens with one attached hydrogen (secondary N) is 1. The Hall–Kier alpha value is -0.740. The van der Waals surface area contributed by atoms with Crippen molar-refractivity contribution >= 4 is 17.4 Å². The smallest absolute Gasteiger partial charge is 0.0562 e. The second-order valence-electron chi connectivity index (χ2n) is 6.24. The second-order valence-corrected chi connectivity index (χ2v) is 7.39. The molecular formula is C15H25N3S. The van der Waals surface area contributed by atoms with Crippen LogP contribution in [0.1, 0.15) is 32.9 Å². The highest BCUT2D eigenvalue weighted by Gasteiger charge is 2.20. The normalized spacial score (nSPS) is 19.7. The first kappa shape index (κ1) is 14.7. The summed E-state index contributed by atoms with van der Waals surface area (Å²) in [5.41, 5.74) is 2.53. The maximum absolute atomic E-state index is 4.46. The molecule has 0 amide bonds. The van der Waals surface area contributed by atoms with Gasteiger partial charge >= 0.3 is 0 Å². The summed E-state index contributed by atoms with van der Waals surface area (Å²) in [5, 5.41) is 3.49. The number of rotatable bonds is 4. The zero-order chi connectivity index (χ0) is 13.9. The molecule has 0 bridgehead atoms. The third kappa shape index (κ3) is 4.39. The molecule has 1 fully saturated rings. The van der Waals surface area contributed by atoms with Gasteiger partial charge in [-0.2, -0.15) is 11.8 Å². The van der Waals surface area contributed by atoms with Crippen LogP contribution >= 0.6 is 11.8 Å². The van der Waals surface area contributed by atoms with Crippen molar-refractivity contribution in [3.05, 3.63) is 24.0 Å². The first-order chi connectivity index (χ1) is 8.96. The summed E-state index contributed by atoms with van der Waals surface area (Å²) in [4.78, 5) is 6.86. The minimum atomic E-state index is 0.131. The van der Waals surface area contributed by atoms with Gasteiger partial charge in [-0.05, 0) is 45.1 Å². The number of nitrogens with zero attached hydrogens (tertiary/aromatic N) is 2. The van der Waals surface area contributed by atoms with Gasteiger partial charge in [-0.15, -0.1) is 0 Å². The van der Waals surface area contributed by atoms with Crippen LogP contribution in [0.3, 0.4) is 0 Å². The van der Waals surface area contributed by atoms with Gasteiger partial charge in [0.15, 0.2) is 0 Å². The Morgan fingerprint density at radius 1 is 1.47 bits per heavy atom. The second kappa shape index (κ2) is 6.14. The van der Waals surface area contributed by atoms with Crippen LogP contribution in [-0.2, 0) is 6.54 Å². The zero-order valence-corrected chi connectivity index (χ0v) is 13.3. The fourth-order valence-electron chi connectivity index (χ4n) is 2.18. The third-order valence-electron chi connectivity index (χ3n) is 3.46. The Kier molecular flexibility index (Phi) is 4.74. The minimum Gasteiger partial charge on any atom is -0.371 e. The van der Waals surface area contributed by atoms with Gasteiger partial charge in [-0.3, -0.25) is 4.98 Å². The van der Waals surface area contributed by atoms with Crippen LogP contribution in [0.2, 0.25) is 0 Å². The Bertz CT molecular complexity index is 408. The van der Waals surface area contributed by atoms with Crippen molar-refractivity contribution in [3.63, 3.8) is 0 Å². The molecule has 1 aromatic heterocycles. The molecule has 1 atom stereocenters. The van der Waals surface area contributed by atoms with Crippen molar-refractivity contribution in [3.8, 4) is 0 Å². The summed E-state index contributed by atoms with van der Waals surface area (Å²) < 4.78 is 0. The molecule has 1 unspecified atom stereocenters. The van der Waals surface area contributed by atoms with Crippen molar-refractivity contribution in [1.82, 2.24) is 10.3 Å². The predicted octanol–water partition coefficient (Wildman–Crippen LogP) is 2.91. The average Bonchev–Trinajstić information content (AvgIpc) is 2.89. The van der Waals surface area contributed by atoms with E-state index in [9.17, 15) is 0 Å². The highest BCUT2D eigenvalue weighted by molar-refractivity contribution is 7.99. The van der Waals surface area contributed by atoms with E-state index in [1.54, 1.807) is 0 Å². The molecule has 1 saturated heterocycles. The highest BCUT2D eigenvalue weighted by Crippen LogP contribution is 2.25. The standard InChI is InChI=1S/C15H25N3S/c1-15(2,3)17-10-12-9-13(5-7-16-12)18(4)14-6-8-19-11-14/h5,7,9,14,17H,6,8,10-11H2,1-4H3. The van der Waals surface area contributed by atoms with Crippen LogP contribution in [0.4, 0.5) is 5.69 Å². The lowest BCUT2D eigenvalue weighted by Gasteiger charge is -2.26. The molecule has 106 valence electrons. The largest absolute Gasteiger partial charge is 0.371 e. The molecule has 1 aliphatic rings. The lowest BCUT2D eigenvalue weighted by molar-refractivity contribution is 0.421. The summed E-state index contributed by atoms with van der Waals surface area (Å²) in [7, 11) is 2.20. The molecule has 0 spiro atoms. The molecule has 3 nitrogen and oxygen atoms in total. The molecule has 4 heteroatoms. The number of pyridine rings is 1. The van der Waals surface area contributed by atoms with E-state index in [1.807, 2.05) is 6.20 Å². The number of thioether (sulfide) groups is 1. The number of hydrogen-bond donors (Lipinski definition) is 1. The molecule has 0 radical (unpaired) electrons. The average molecular weight is 279 g/mol. The number of anilines is 1. The molecule has 19 heavy (non-hydrogen) atoms. The van der Waals surface area contributed by atoms with E-state index in [2.05, 4.69) is 66.9 Å².